The summed E-state index contributed by atoms with van der Waals surface area (Å²) in [6.07, 6.45) is 1.71. The Labute approximate surface area is 183 Å². The lowest BCUT2D eigenvalue weighted by atomic mass is 10.1. The highest BCUT2D eigenvalue weighted by atomic mass is 32.2. The SMILES string of the molecule is Cc1cc(C=C2SC(=O)N(Cc3ccccc3[N+](=O)[O-])C2=O)c(C)n1-c1ccccc1. The number of thioether (sulfide) groups is 1. The van der Waals surface area contributed by atoms with Gasteiger partial charge in [-0.2, -0.15) is 0 Å². The van der Waals surface area contributed by atoms with Crippen molar-refractivity contribution in [2.45, 2.75) is 20.4 Å². The predicted molar refractivity (Wildman–Crippen MR) is 120 cm³/mol. The van der Waals surface area contributed by atoms with Gasteiger partial charge in [0.25, 0.3) is 16.8 Å². The summed E-state index contributed by atoms with van der Waals surface area (Å²) in [5, 5.41) is 10.8. The Morgan fingerprint density at radius 2 is 1.71 bits per heavy atom. The van der Waals surface area contributed by atoms with Crippen molar-refractivity contribution in [2.24, 2.45) is 0 Å². The molecule has 2 aromatic carbocycles. The second-order valence-electron chi connectivity index (χ2n) is 7.15. The Morgan fingerprint density at radius 3 is 2.42 bits per heavy atom. The number of carbonyl (C=O) groups is 2. The molecule has 0 saturated carbocycles. The molecule has 0 unspecified atom stereocenters. The van der Waals surface area contributed by atoms with Crippen LogP contribution in [0.4, 0.5) is 10.5 Å². The highest BCUT2D eigenvalue weighted by Crippen LogP contribution is 2.35. The summed E-state index contributed by atoms with van der Waals surface area (Å²) in [4.78, 5) is 37.5. The fourth-order valence-corrected chi connectivity index (χ4v) is 4.51. The summed E-state index contributed by atoms with van der Waals surface area (Å²) in [6, 6.07) is 18.0. The van der Waals surface area contributed by atoms with Gasteiger partial charge in [-0.15, -0.1) is 0 Å². The topological polar surface area (TPSA) is 85.5 Å². The van der Waals surface area contributed by atoms with Gasteiger partial charge in [0.05, 0.1) is 16.4 Å². The average Bonchev–Trinajstić information content (AvgIpc) is 3.18. The zero-order valence-corrected chi connectivity index (χ0v) is 17.8. The number of hydrogen-bond donors (Lipinski definition) is 0. The van der Waals surface area contributed by atoms with Crippen LogP contribution in [-0.2, 0) is 11.3 Å². The van der Waals surface area contributed by atoms with Crippen LogP contribution >= 0.6 is 11.8 Å². The summed E-state index contributed by atoms with van der Waals surface area (Å²) < 4.78 is 2.09. The van der Waals surface area contributed by atoms with E-state index in [-0.39, 0.29) is 12.2 Å². The van der Waals surface area contributed by atoms with Gasteiger partial charge in [0.1, 0.15) is 0 Å². The lowest BCUT2D eigenvalue weighted by Crippen LogP contribution is -2.27. The molecule has 8 heteroatoms. The molecule has 1 aromatic heterocycles. The Hall–Kier alpha value is -3.65. The van der Waals surface area contributed by atoms with Gasteiger partial charge in [-0.25, -0.2) is 0 Å². The van der Waals surface area contributed by atoms with Crippen LogP contribution in [0.15, 0.2) is 65.6 Å². The third kappa shape index (κ3) is 3.89. The molecule has 3 aromatic rings. The quantitative estimate of drug-likeness (QED) is 0.312. The lowest BCUT2D eigenvalue weighted by Gasteiger charge is -2.12. The van der Waals surface area contributed by atoms with E-state index in [1.807, 2.05) is 50.2 Å². The smallest absolute Gasteiger partial charge is 0.293 e. The number of aromatic nitrogens is 1. The highest BCUT2D eigenvalue weighted by molar-refractivity contribution is 8.18. The molecule has 7 nitrogen and oxygen atoms in total. The van der Waals surface area contributed by atoms with Gasteiger partial charge in [-0.1, -0.05) is 36.4 Å². The summed E-state index contributed by atoms with van der Waals surface area (Å²) in [5.41, 5.74) is 4.03. The van der Waals surface area contributed by atoms with Gasteiger partial charge in [-0.05, 0) is 55.4 Å². The molecule has 1 aliphatic heterocycles. The highest BCUT2D eigenvalue weighted by Gasteiger charge is 2.36. The molecule has 0 aliphatic carbocycles. The number of nitro benzene ring substituents is 1. The summed E-state index contributed by atoms with van der Waals surface area (Å²) >= 11 is 0.849. The number of aryl methyl sites for hydroxylation is 1. The number of nitrogens with zero attached hydrogens (tertiary/aromatic N) is 3. The standard InChI is InChI=1S/C23H19N3O4S/c1-15-12-18(16(2)25(15)19-9-4-3-5-10-19)13-21-22(27)24(23(28)31-21)14-17-8-6-7-11-20(17)26(29)30/h3-13H,14H2,1-2H3. The fourth-order valence-electron chi connectivity index (χ4n) is 3.68. The van der Waals surface area contributed by atoms with E-state index in [9.17, 15) is 19.7 Å². The first-order valence-electron chi connectivity index (χ1n) is 9.59. The molecule has 1 saturated heterocycles. The van der Waals surface area contributed by atoms with Crippen molar-refractivity contribution in [2.75, 3.05) is 0 Å². The average molecular weight is 433 g/mol. The van der Waals surface area contributed by atoms with E-state index < -0.39 is 16.1 Å². The van der Waals surface area contributed by atoms with E-state index in [0.29, 0.717) is 10.5 Å². The molecular formula is C23H19N3O4S. The van der Waals surface area contributed by atoms with Gasteiger partial charge in [-0.3, -0.25) is 24.6 Å². The van der Waals surface area contributed by atoms with Crippen LogP contribution in [0.2, 0.25) is 0 Å². The van der Waals surface area contributed by atoms with Crippen LogP contribution in [-0.4, -0.2) is 25.5 Å². The van der Waals surface area contributed by atoms with Gasteiger partial charge in [0.2, 0.25) is 0 Å². The molecule has 2 amide bonds. The molecule has 1 aliphatic rings. The Morgan fingerprint density at radius 1 is 1.03 bits per heavy atom. The Kier molecular flexibility index (Phi) is 5.48. The van der Waals surface area contributed by atoms with Crippen LogP contribution in [0.3, 0.4) is 0 Å². The molecule has 156 valence electrons. The third-order valence-electron chi connectivity index (χ3n) is 5.16. The number of hydrogen-bond acceptors (Lipinski definition) is 5. The summed E-state index contributed by atoms with van der Waals surface area (Å²) in [7, 11) is 0. The van der Waals surface area contributed by atoms with Crippen molar-refractivity contribution >= 4 is 34.7 Å². The normalized spacial score (nSPS) is 15.2. The zero-order valence-electron chi connectivity index (χ0n) is 16.9. The maximum absolute atomic E-state index is 12.9. The van der Waals surface area contributed by atoms with Gasteiger partial charge in [0.15, 0.2) is 0 Å². The zero-order chi connectivity index (χ0) is 22.1. The van der Waals surface area contributed by atoms with Gasteiger partial charge < -0.3 is 4.57 Å². The number of amides is 2. The number of rotatable bonds is 5. The van der Waals surface area contributed by atoms with Crippen LogP contribution in [0.5, 0.6) is 0 Å². The minimum absolute atomic E-state index is 0.114. The van der Waals surface area contributed by atoms with E-state index in [1.165, 1.54) is 6.07 Å². The van der Waals surface area contributed by atoms with E-state index in [2.05, 4.69) is 4.57 Å². The van der Waals surface area contributed by atoms with Crippen molar-refractivity contribution in [3.8, 4) is 5.69 Å². The fraction of sp³-hybridized carbons (Fsp3) is 0.130. The lowest BCUT2D eigenvalue weighted by molar-refractivity contribution is -0.385. The van der Waals surface area contributed by atoms with Crippen molar-refractivity contribution in [3.05, 3.63) is 98.2 Å². The third-order valence-corrected chi connectivity index (χ3v) is 6.07. The molecule has 31 heavy (non-hydrogen) atoms. The second-order valence-corrected chi connectivity index (χ2v) is 8.14. The molecule has 0 bridgehead atoms. The Bertz CT molecular complexity index is 1230. The van der Waals surface area contributed by atoms with Crippen LogP contribution in [0.1, 0.15) is 22.5 Å². The van der Waals surface area contributed by atoms with Crippen molar-refractivity contribution in [1.29, 1.82) is 0 Å². The first-order valence-corrected chi connectivity index (χ1v) is 10.4. The number of para-hydroxylation sites is 2. The molecular weight excluding hydrogens is 414 g/mol. The minimum Gasteiger partial charge on any atom is -0.318 e. The van der Waals surface area contributed by atoms with Crippen molar-refractivity contribution in [3.63, 3.8) is 0 Å². The van der Waals surface area contributed by atoms with Crippen LogP contribution in [0, 0.1) is 24.0 Å². The largest absolute Gasteiger partial charge is 0.318 e. The van der Waals surface area contributed by atoms with E-state index in [1.54, 1.807) is 24.3 Å². The van der Waals surface area contributed by atoms with Crippen LogP contribution in [0.25, 0.3) is 11.8 Å². The number of benzene rings is 2. The van der Waals surface area contributed by atoms with E-state index >= 15 is 0 Å². The molecule has 0 radical (unpaired) electrons. The van der Waals surface area contributed by atoms with Gasteiger partial charge >= 0.3 is 0 Å². The van der Waals surface area contributed by atoms with Gasteiger partial charge in [0, 0.05) is 28.7 Å². The van der Waals surface area contributed by atoms with Crippen molar-refractivity contribution in [1.82, 2.24) is 9.47 Å². The van der Waals surface area contributed by atoms with Crippen molar-refractivity contribution < 1.29 is 14.5 Å². The summed E-state index contributed by atoms with van der Waals surface area (Å²) in [6.45, 7) is 3.81. The monoisotopic (exact) mass is 433 g/mol. The first kappa shape index (κ1) is 20.6. The number of carbonyl (C=O) groups excluding carboxylic acids is 2. The molecule has 1 fully saturated rings. The maximum atomic E-state index is 12.9. The molecule has 0 atom stereocenters. The van der Waals surface area contributed by atoms with Crippen LogP contribution < -0.4 is 0 Å². The molecule has 2 heterocycles. The molecule has 0 spiro atoms. The van der Waals surface area contributed by atoms with E-state index in [0.717, 1.165) is 39.3 Å². The number of nitro groups is 1. The minimum atomic E-state index is -0.511. The number of imide groups is 1. The Balaban J connectivity index is 1.64. The summed E-state index contributed by atoms with van der Waals surface area (Å²) in [5.74, 6) is -0.447. The first-order chi connectivity index (χ1) is 14.9. The molecule has 4 rings (SSSR count). The second kappa shape index (κ2) is 8.23. The molecule has 0 N–H and O–H groups in total. The maximum Gasteiger partial charge on any atom is 0.293 e. The van der Waals surface area contributed by atoms with E-state index in [4.69, 9.17) is 0 Å². The predicted octanol–water partition coefficient (Wildman–Crippen LogP) is 5.24.